The van der Waals surface area contributed by atoms with Crippen molar-refractivity contribution in [3.8, 4) is 5.75 Å². The number of piperidine rings is 1. The van der Waals surface area contributed by atoms with E-state index in [1.807, 2.05) is 6.07 Å². The van der Waals surface area contributed by atoms with Gasteiger partial charge >= 0.3 is 0 Å². The molecule has 22 heavy (non-hydrogen) atoms. The summed E-state index contributed by atoms with van der Waals surface area (Å²) in [4.78, 5) is 2.71. The van der Waals surface area contributed by atoms with Gasteiger partial charge in [0.05, 0.1) is 0 Å². The minimum absolute atomic E-state index is 0.347. The second kappa shape index (κ2) is 5.82. The summed E-state index contributed by atoms with van der Waals surface area (Å²) < 4.78 is 2.15. The van der Waals surface area contributed by atoms with Gasteiger partial charge in [0.2, 0.25) is 0 Å². The lowest BCUT2D eigenvalue weighted by atomic mass is 9.52. The molecule has 3 heteroatoms. The summed E-state index contributed by atoms with van der Waals surface area (Å²) >= 11 is 2.33. The Morgan fingerprint density at radius 3 is 3.09 bits per heavy atom. The molecule has 2 nitrogen and oxygen atoms in total. The third-order valence-electron chi connectivity index (χ3n) is 6.36. The summed E-state index contributed by atoms with van der Waals surface area (Å²) in [6.07, 6.45) is 10.1. The monoisotopic (exact) mass is 409 g/mol. The van der Waals surface area contributed by atoms with Crippen molar-refractivity contribution in [1.29, 1.82) is 0 Å². The van der Waals surface area contributed by atoms with Gasteiger partial charge in [0.1, 0.15) is 5.75 Å². The first kappa shape index (κ1) is 15.0. The minimum atomic E-state index is 0.347. The van der Waals surface area contributed by atoms with Crippen molar-refractivity contribution in [2.24, 2.45) is 5.92 Å². The highest BCUT2D eigenvalue weighted by Gasteiger charge is 2.53. The van der Waals surface area contributed by atoms with Crippen molar-refractivity contribution in [2.45, 2.75) is 50.0 Å². The molecule has 2 aliphatic carbocycles. The Morgan fingerprint density at radius 1 is 1.32 bits per heavy atom. The van der Waals surface area contributed by atoms with E-state index >= 15 is 0 Å². The molecule has 3 aliphatic rings. The van der Waals surface area contributed by atoms with Crippen LogP contribution >= 0.6 is 22.6 Å². The molecule has 118 valence electrons. The molecule has 2 bridgehead atoms. The van der Waals surface area contributed by atoms with Crippen LogP contribution in [0.15, 0.2) is 28.4 Å². The largest absolute Gasteiger partial charge is 0.508 e. The van der Waals surface area contributed by atoms with E-state index in [4.69, 9.17) is 0 Å². The number of rotatable bonds is 2. The van der Waals surface area contributed by atoms with Crippen molar-refractivity contribution >= 4 is 22.6 Å². The molecular weight excluding hydrogens is 385 g/mol. The topological polar surface area (TPSA) is 23.5 Å². The lowest BCUT2D eigenvalue weighted by molar-refractivity contribution is -0.00518. The van der Waals surface area contributed by atoms with Gasteiger partial charge in [0, 0.05) is 18.0 Å². The molecule has 0 radical (unpaired) electrons. The van der Waals surface area contributed by atoms with Crippen LogP contribution in [-0.2, 0) is 11.8 Å². The molecular formula is C19H24INO. The van der Waals surface area contributed by atoms with E-state index in [1.165, 1.54) is 49.8 Å². The zero-order chi connectivity index (χ0) is 15.2. The van der Waals surface area contributed by atoms with Gasteiger partial charge in [-0.25, -0.2) is 0 Å². The Balaban J connectivity index is 1.78. The summed E-state index contributed by atoms with van der Waals surface area (Å²) in [5, 5.41) is 10.0. The molecule has 1 saturated carbocycles. The number of hydrogen-bond acceptors (Lipinski definition) is 2. The molecule has 0 spiro atoms. The maximum Gasteiger partial charge on any atom is 0.115 e. The van der Waals surface area contributed by atoms with Crippen molar-refractivity contribution in [3.63, 3.8) is 0 Å². The van der Waals surface area contributed by atoms with E-state index in [1.54, 1.807) is 0 Å². The van der Waals surface area contributed by atoms with Gasteiger partial charge in [-0.15, -0.1) is 0 Å². The Bertz CT molecular complexity index is 599. The number of nitrogens with zero attached hydrogens (tertiary/aromatic N) is 1. The molecule has 0 aromatic heterocycles. The van der Waals surface area contributed by atoms with E-state index in [2.05, 4.69) is 49.8 Å². The smallest absolute Gasteiger partial charge is 0.115 e. The number of halogens is 1. The highest BCUT2D eigenvalue weighted by molar-refractivity contribution is 14.1. The number of aromatic hydroxyl groups is 1. The number of benzene rings is 1. The first-order valence-corrected chi connectivity index (χ1v) is 9.81. The fourth-order valence-corrected chi connectivity index (χ4v) is 5.70. The van der Waals surface area contributed by atoms with Crippen LogP contribution in [0.4, 0.5) is 0 Å². The van der Waals surface area contributed by atoms with E-state index in [9.17, 15) is 5.11 Å². The van der Waals surface area contributed by atoms with Crippen LogP contribution in [0.25, 0.3) is 0 Å². The zero-order valence-corrected chi connectivity index (χ0v) is 15.1. The first-order chi connectivity index (χ1) is 10.7. The van der Waals surface area contributed by atoms with Crippen LogP contribution in [0.5, 0.6) is 5.75 Å². The van der Waals surface area contributed by atoms with Crippen molar-refractivity contribution < 1.29 is 5.11 Å². The highest BCUT2D eigenvalue weighted by Crippen LogP contribution is 2.56. The van der Waals surface area contributed by atoms with E-state index in [-0.39, 0.29) is 0 Å². The number of likely N-dealkylation sites (tertiary alicyclic amines) is 1. The van der Waals surface area contributed by atoms with Gasteiger partial charge in [0.15, 0.2) is 0 Å². The number of phenols is 1. The second-order valence-electron chi connectivity index (χ2n) is 7.23. The van der Waals surface area contributed by atoms with E-state index in [0.29, 0.717) is 17.2 Å². The Morgan fingerprint density at radius 2 is 2.23 bits per heavy atom. The third-order valence-corrected chi connectivity index (χ3v) is 6.87. The molecule has 0 unspecified atom stereocenters. The fourth-order valence-electron chi connectivity index (χ4n) is 5.47. The quantitative estimate of drug-likeness (QED) is 0.733. The molecule has 1 heterocycles. The summed E-state index contributed by atoms with van der Waals surface area (Å²) in [6, 6.07) is 6.84. The van der Waals surface area contributed by atoms with Gasteiger partial charge < -0.3 is 5.11 Å². The van der Waals surface area contributed by atoms with E-state index < -0.39 is 0 Å². The summed E-state index contributed by atoms with van der Waals surface area (Å²) in [6.45, 7) is 2.30. The van der Waals surface area contributed by atoms with Gasteiger partial charge in [-0.2, -0.15) is 0 Å². The van der Waals surface area contributed by atoms with Crippen molar-refractivity contribution in [2.75, 3.05) is 13.1 Å². The molecule has 1 aromatic carbocycles. The molecule has 0 amide bonds. The normalized spacial score (nSPS) is 34.4. The number of hydrogen-bond donors (Lipinski definition) is 1. The fraction of sp³-hybridized carbons (Fsp3) is 0.579. The Hall–Kier alpha value is -0.550. The van der Waals surface area contributed by atoms with E-state index in [0.717, 1.165) is 18.9 Å². The van der Waals surface area contributed by atoms with Gasteiger partial charge in [-0.1, -0.05) is 47.6 Å². The third kappa shape index (κ3) is 2.23. The first-order valence-electron chi connectivity index (χ1n) is 8.56. The molecule has 4 rings (SSSR count). The molecule has 2 fully saturated rings. The molecule has 1 N–H and O–H groups in total. The Kier molecular flexibility index (Phi) is 3.97. The predicted molar refractivity (Wildman–Crippen MR) is 98.6 cm³/mol. The summed E-state index contributed by atoms with van der Waals surface area (Å²) in [5.41, 5.74) is 3.32. The second-order valence-corrected chi connectivity index (χ2v) is 7.95. The average molecular weight is 409 g/mol. The molecule has 1 aromatic rings. The minimum Gasteiger partial charge on any atom is -0.508 e. The van der Waals surface area contributed by atoms with Gasteiger partial charge in [-0.3, -0.25) is 4.90 Å². The van der Waals surface area contributed by atoms with Crippen LogP contribution in [0.3, 0.4) is 0 Å². The molecule has 1 aliphatic heterocycles. The van der Waals surface area contributed by atoms with Crippen LogP contribution in [-0.4, -0.2) is 29.1 Å². The van der Waals surface area contributed by atoms with Crippen LogP contribution in [0.2, 0.25) is 0 Å². The standard InChI is InChI=1S/C19H24INO/c20-9-3-10-21-11-8-19-7-2-1-4-16(19)18(21)12-14-5-6-15(22)13-17(14)19/h3,5-6,9,13,16,18,22H,1-2,4,7-8,10-12H2/b9-3-/t16-,18-,19+/m0/s1. The maximum atomic E-state index is 10.0. The number of fused-ring (bicyclic) bond motifs is 1. The maximum absolute atomic E-state index is 10.0. The van der Waals surface area contributed by atoms with Gasteiger partial charge in [-0.05, 0) is 65.5 Å². The lowest BCUT2D eigenvalue weighted by Crippen LogP contribution is -2.60. The lowest BCUT2D eigenvalue weighted by Gasteiger charge is -2.59. The highest BCUT2D eigenvalue weighted by atomic mass is 127. The van der Waals surface area contributed by atoms with Gasteiger partial charge in [0.25, 0.3) is 0 Å². The van der Waals surface area contributed by atoms with Crippen molar-refractivity contribution in [1.82, 2.24) is 4.90 Å². The summed E-state index contributed by atoms with van der Waals surface area (Å²) in [7, 11) is 0. The molecule has 3 atom stereocenters. The van der Waals surface area contributed by atoms with Crippen LogP contribution in [0, 0.1) is 5.92 Å². The average Bonchev–Trinajstić information content (AvgIpc) is 2.55. The molecule has 1 saturated heterocycles. The zero-order valence-electron chi connectivity index (χ0n) is 13.0. The SMILES string of the molecule is Oc1ccc2c(c1)[C@@]13CCCC[C@H]1[C@H](C2)N(C/C=C\I)CC3. The van der Waals surface area contributed by atoms with Crippen LogP contribution in [0.1, 0.15) is 43.2 Å². The predicted octanol–water partition coefficient (Wildman–Crippen LogP) is 4.40. The summed E-state index contributed by atoms with van der Waals surface area (Å²) in [5.74, 6) is 1.23. The van der Waals surface area contributed by atoms with Crippen molar-refractivity contribution in [3.05, 3.63) is 39.5 Å². The number of phenolic OH excluding ortho intramolecular Hbond substituents is 1. The Labute approximate surface area is 146 Å². The van der Waals surface area contributed by atoms with Crippen LogP contribution < -0.4 is 0 Å².